The number of likely N-dealkylation sites (N-methyl/N-ethyl adjacent to an activating group) is 1. The molecule has 0 aromatic heterocycles. The van der Waals surface area contributed by atoms with E-state index in [9.17, 15) is 9.90 Å². The molecular formula is C21H36N2O2. The molecule has 2 N–H and O–H groups in total. The first-order chi connectivity index (χ1) is 11.3. The SMILES string of the molecule is CN(C)CCNC(=O)CCc1cc(C(C)(C)C)c(O)c(C(C)(C)C)c1. The number of carbonyl (C=O) groups excluding carboxylic acids is 1. The molecule has 0 saturated carbocycles. The molecule has 0 aliphatic rings. The Morgan fingerprint density at radius 2 is 1.52 bits per heavy atom. The molecule has 1 aromatic carbocycles. The summed E-state index contributed by atoms with van der Waals surface area (Å²) in [6, 6.07) is 4.11. The van der Waals surface area contributed by atoms with Crippen LogP contribution in [0.4, 0.5) is 0 Å². The molecule has 4 heteroatoms. The van der Waals surface area contributed by atoms with E-state index in [2.05, 4.69) is 59.0 Å². The first-order valence-corrected chi connectivity index (χ1v) is 9.10. The molecule has 0 bridgehead atoms. The monoisotopic (exact) mass is 348 g/mol. The van der Waals surface area contributed by atoms with Crippen LogP contribution in [0.1, 0.15) is 64.7 Å². The number of carbonyl (C=O) groups is 1. The van der Waals surface area contributed by atoms with Crippen LogP contribution >= 0.6 is 0 Å². The number of amides is 1. The fraction of sp³-hybridized carbons (Fsp3) is 0.667. The summed E-state index contributed by atoms with van der Waals surface area (Å²) < 4.78 is 0. The minimum absolute atomic E-state index is 0.0737. The number of rotatable bonds is 6. The highest BCUT2D eigenvalue weighted by Gasteiger charge is 2.26. The lowest BCUT2D eigenvalue weighted by atomic mass is 9.78. The van der Waals surface area contributed by atoms with Crippen LogP contribution in [0.25, 0.3) is 0 Å². The van der Waals surface area contributed by atoms with E-state index < -0.39 is 0 Å². The Morgan fingerprint density at radius 3 is 1.92 bits per heavy atom. The van der Waals surface area contributed by atoms with Crippen LogP contribution in [0.15, 0.2) is 12.1 Å². The molecule has 1 aromatic rings. The Balaban J connectivity index is 2.95. The van der Waals surface area contributed by atoms with Gasteiger partial charge in [-0.3, -0.25) is 4.79 Å². The highest BCUT2D eigenvalue weighted by atomic mass is 16.3. The minimum Gasteiger partial charge on any atom is -0.507 e. The highest BCUT2D eigenvalue weighted by Crippen LogP contribution is 2.39. The van der Waals surface area contributed by atoms with Crippen molar-refractivity contribution in [2.24, 2.45) is 0 Å². The van der Waals surface area contributed by atoms with Crippen LogP contribution in [0, 0.1) is 0 Å². The van der Waals surface area contributed by atoms with Crippen molar-refractivity contribution in [1.29, 1.82) is 0 Å². The molecule has 0 heterocycles. The molecule has 0 aliphatic heterocycles. The number of phenols is 1. The molecule has 0 saturated heterocycles. The molecule has 1 rings (SSSR count). The Kier molecular flexibility index (Phi) is 7.07. The molecule has 0 radical (unpaired) electrons. The lowest BCUT2D eigenvalue weighted by Crippen LogP contribution is -2.31. The van der Waals surface area contributed by atoms with Gasteiger partial charge >= 0.3 is 0 Å². The Bertz CT molecular complexity index is 558. The summed E-state index contributed by atoms with van der Waals surface area (Å²) in [5.41, 5.74) is 2.71. The summed E-state index contributed by atoms with van der Waals surface area (Å²) in [4.78, 5) is 14.1. The number of aryl methyl sites for hydroxylation is 1. The predicted molar refractivity (Wildman–Crippen MR) is 105 cm³/mol. The Labute approximate surface area is 153 Å². The van der Waals surface area contributed by atoms with Gasteiger partial charge in [0, 0.05) is 19.5 Å². The minimum atomic E-state index is -0.145. The van der Waals surface area contributed by atoms with Gasteiger partial charge in [0.25, 0.3) is 0 Å². The number of phenolic OH excluding ortho intramolecular Hbond substituents is 1. The number of aromatic hydroxyl groups is 1. The van der Waals surface area contributed by atoms with Crippen molar-refractivity contribution in [2.45, 2.75) is 65.2 Å². The molecule has 0 atom stereocenters. The number of nitrogens with zero attached hydrogens (tertiary/aromatic N) is 1. The summed E-state index contributed by atoms with van der Waals surface area (Å²) in [6.07, 6.45) is 1.14. The van der Waals surface area contributed by atoms with E-state index in [-0.39, 0.29) is 16.7 Å². The van der Waals surface area contributed by atoms with E-state index in [0.29, 0.717) is 25.1 Å². The molecule has 4 nitrogen and oxygen atoms in total. The second kappa shape index (κ2) is 8.22. The van der Waals surface area contributed by atoms with Gasteiger partial charge in [0.2, 0.25) is 5.91 Å². The zero-order valence-corrected chi connectivity index (χ0v) is 17.3. The first-order valence-electron chi connectivity index (χ1n) is 9.10. The highest BCUT2D eigenvalue weighted by molar-refractivity contribution is 5.76. The standard InChI is InChI=1S/C21H36N2O2/c1-20(2,3)16-13-15(14-17(19(16)25)21(4,5)6)9-10-18(24)22-11-12-23(7)8/h13-14,25H,9-12H2,1-8H3,(H,22,24). The third-order valence-corrected chi connectivity index (χ3v) is 4.31. The van der Waals surface area contributed by atoms with Crippen molar-refractivity contribution >= 4 is 5.91 Å². The Hall–Kier alpha value is -1.55. The number of hydrogen-bond acceptors (Lipinski definition) is 3. The van der Waals surface area contributed by atoms with Gasteiger partial charge in [0.05, 0.1) is 0 Å². The van der Waals surface area contributed by atoms with Gasteiger partial charge in [-0.2, -0.15) is 0 Å². The summed E-state index contributed by atoms with van der Waals surface area (Å²) in [7, 11) is 3.98. The van der Waals surface area contributed by atoms with Gasteiger partial charge in [0.15, 0.2) is 0 Å². The van der Waals surface area contributed by atoms with Crippen LogP contribution < -0.4 is 5.32 Å². The van der Waals surface area contributed by atoms with Crippen LogP contribution in [-0.4, -0.2) is 43.1 Å². The topological polar surface area (TPSA) is 52.6 Å². The van der Waals surface area contributed by atoms with Crippen molar-refractivity contribution in [1.82, 2.24) is 10.2 Å². The molecule has 0 unspecified atom stereocenters. The quantitative estimate of drug-likeness (QED) is 0.826. The fourth-order valence-electron chi connectivity index (χ4n) is 2.75. The lowest BCUT2D eigenvalue weighted by Gasteiger charge is -2.28. The van der Waals surface area contributed by atoms with Crippen molar-refractivity contribution in [3.8, 4) is 5.75 Å². The average molecular weight is 349 g/mol. The van der Waals surface area contributed by atoms with Gasteiger partial charge < -0.3 is 15.3 Å². The normalized spacial score (nSPS) is 12.5. The van der Waals surface area contributed by atoms with E-state index in [1.54, 1.807) is 0 Å². The maximum absolute atomic E-state index is 12.0. The van der Waals surface area contributed by atoms with Gasteiger partial charge in [-0.05, 0) is 48.0 Å². The summed E-state index contributed by atoms with van der Waals surface area (Å²) in [5, 5.41) is 13.7. The second-order valence-corrected chi connectivity index (χ2v) is 9.19. The van der Waals surface area contributed by atoms with Gasteiger partial charge in [-0.25, -0.2) is 0 Å². The van der Waals surface area contributed by atoms with E-state index in [0.717, 1.165) is 23.2 Å². The molecule has 0 aliphatic carbocycles. The van der Waals surface area contributed by atoms with Crippen molar-refractivity contribution in [3.05, 3.63) is 28.8 Å². The molecular weight excluding hydrogens is 312 g/mol. The summed E-state index contributed by atoms with van der Waals surface area (Å²) in [5.74, 6) is 0.462. The molecule has 142 valence electrons. The van der Waals surface area contributed by atoms with Gasteiger partial charge in [0.1, 0.15) is 5.75 Å². The van der Waals surface area contributed by atoms with Crippen molar-refractivity contribution < 1.29 is 9.90 Å². The number of hydrogen-bond donors (Lipinski definition) is 2. The smallest absolute Gasteiger partial charge is 0.220 e. The van der Waals surface area contributed by atoms with Crippen LogP contribution in [-0.2, 0) is 22.0 Å². The maximum atomic E-state index is 12.0. The van der Waals surface area contributed by atoms with Crippen LogP contribution in [0.2, 0.25) is 0 Å². The predicted octanol–water partition coefficient (Wildman–Crippen LogP) is 3.60. The molecule has 0 spiro atoms. The van der Waals surface area contributed by atoms with Gasteiger partial charge in [-0.15, -0.1) is 0 Å². The lowest BCUT2D eigenvalue weighted by molar-refractivity contribution is -0.121. The zero-order chi connectivity index (χ0) is 19.4. The summed E-state index contributed by atoms with van der Waals surface area (Å²) in [6.45, 7) is 14.1. The Morgan fingerprint density at radius 1 is 1.04 bits per heavy atom. The summed E-state index contributed by atoms with van der Waals surface area (Å²) >= 11 is 0. The van der Waals surface area contributed by atoms with Crippen LogP contribution in [0.5, 0.6) is 5.75 Å². The van der Waals surface area contributed by atoms with Crippen molar-refractivity contribution in [2.75, 3.05) is 27.2 Å². The van der Waals surface area contributed by atoms with E-state index in [1.807, 2.05) is 19.0 Å². The number of nitrogens with one attached hydrogen (secondary N) is 1. The molecule has 1 amide bonds. The van der Waals surface area contributed by atoms with E-state index in [1.165, 1.54) is 0 Å². The first kappa shape index (κ1) is 21.5. The molecule has 25 heavy (non-hydrogen) atoms. The van der Waals surface area contributed by atoms with E-state index in [4.69, 9.17) is 0 Å². The fourth-order valence-corrected chi connectivity index (χ4v) is 2.75. The number of benzene rings is 1. The van der Waals surface area contributed by atoms with E-state index >= 15 is 0 Å². The third-order valence-electron chi connectivity index (χ3n) is 4.31. The molecule has 0 fully saturated rings. The third kappa shape index (κ3) is 6.69. The van der Waals surface area contributed by atoms with Gasteiger partial charge in [-0.1, -0.05) is 53.7 Å². The average Bonchev–Trinajstić information content (AvgIpc) is 2.43. The van der Waals surface area contributed by atoms with Crippen molar-refractivity contribution in [3.63, 3.8) is 0 Å². The maximum Gasteiger partial charge on any atom is 0.220 e. The second-order valence-electron chi connectivity index (χ2n) is 9.19. The largest absolute Gasteiger partial charge is 0.507 e. The van der Waals surface area contributed by atoms with Crippen LogP contribution in [0.3, 0.4) is 0 Å². The zero-order valence-electron chi connectivity index (χ0n) is 17.3.